The second-order valence-corrected chi connectivity index (χ2v) is 7.32. The average molecular weight is 415 g/mol. The minimum atomic E-state index is -0.466. The zero-order chi connectivity index (χ0) is 21.6. The van der Waals surface area contributed by atoms with Gasteiger partial charge in [0.05, 0.1) is 11.6 Å². The van der Waals surface area contributed by atoms with Crippen molar-refractivity contribution in [1.29, 1.82) is 5.26 Å². The normalized spacial score (nSPS) is 15.2. The molecule has 1 aliphatic rings. The minimum absolute atomic E-state index is 0.0959. The van der Waals surface area contributed by atoms with Gasteiger partial charge in [0.2, 0.25) is 0 Å². The van der Waals surface area contributed by atoms with Gasteiger partial charge in [-0.1, -0.05) is 42.5 Å². The molecular formula is C25H22FN3O2. The smallest absolute Gasteiger partial charge is 0.257 e. The van der Waals surface area contributed by atoms with Crippen molar-refractivity contribution in [1.82, 2.24) is 9.80 Å². The van der Waals surface area contributed by atoms with Crippen LogP contribution in [0.4, 0.5) is 4.39 Å². The van der Waals surface area contributed by atoms with Crippen LogP contribution in [0.5, 0.6) is 11.5 Å². The Morgan fingerprint density at radius 3 is 2.23 bits per heavy atom. The highest BCUT2D eigenvalue weighted by Crippen LogP contribution is 2.27. The fraction of sp³-hybridized carbons (Fsp3) is 0.200. The van der Waals surface area contributed by atoms with Crippen molar-refractivity contribution in [2.24, 2.45) is 0 Å². The van der Waals surface area contributed by atoms with Crippen LogP contribution in [-0.2, 0) is 0 Å². The molecule has 1 saturated heterocycles. The van der Waals surface area contributed by atoms with Crippen molar-refractivity contribution in [2.45, 2.75) is 6.04 Å². The summed E-state index contributed by atoms with van der Waals surface area (Å²) in [5.41, 5.74) is 1.26. The lowest BCUT2D eigenvalue weighted by atomic mass is 10.1. The van der Waals surface area contributed by atoms with E-state index in [1.165, 1.54) is 12.1 Å². The standard InChI is InChI=1S/C25H22FN3O2/c26-20-12-10-19(11-13-20)23(18-27)28-14-16-29(17-15-28)25(30)22-8-4-5-9-24(22)31-21-6-2-1-3-7-21/h1-13,23H,14-17H2/t23-/m1/s1. The van der Waals surface area contributed by atoms with E-state index in [1.807, 2.05) is 47.4 Å². The van der Waals surface area contributed by atoms with Crippen molar-refractivity contribution in [3.63, 3.8) is 0 Å². The van der Waals surface area contributed by atoms with Crippen LogP contribution in [0.1, 0.15) is 22.0 Å². The van der Waals surface area contributed by atoms with Gasteiger partial charge in [-0.05, 0) is 42.0 Å². The highest BCUT2D eigenvalue weighted by atomic mass is 19.1. The zero-order valence-electron chi connectivity index (χ0n) is 16.9. The highest BCUT2D eigenvalue weighted by molar-refractivity contribution is 5.97. The topological polar surface area (TPSA) is 56.6 Å². The lowest BCUT2D eigenvalue weighted by molar-refractivity contribution is 0.0604. The first-order chi connectivity index (χ1) is 15.2. The van der Waals surface area contributed by atoms with E-state index >= 15 is 0 Å². The number of hydrogen-bond donors (Lipinski definition) is 0. The number of carbonyl (C=O) groups is 1. The van der Waals surface area contributed by atoms with Crippen LogP contribution in [-0.4, -0.2) is 41.9 Å². The Morgan fingerprint density at radius 2 is 1.55 bits per heavy atom. The number of nitrogens with zero attached hydrogens (tertiary/aromatic N) is 3. The first kappa shape index (κ1) is 20.6. The summed E-state index contributed by atoms with van der Waals surface area (Å²) in [5.74, 6) is 0.764. The molecule has 156 valence electrons. The van der Waals surface area contributed by atoms with Crippen molar-refractivity contribution < 1.29 is 13.9 Å². The third kappa shape index (κ3) is 4.73. The number of halogens is 1. The number of amides is 1. The third-order valence-corrected chi connectivity index (χ3v) is 5.36. The van der Waals surface area contributed by atoms with Crippen molar-refractivity contribution in [3.05, 3.63) is 95.8 Å². The van der Waals surface area contributed by atoms with E-state index in [4.69, 9.17) is 4.74 Å². The first-order valence-electron chi connectivity index (χ1n) is 10.2. The molecular weight excluding hydrogens is 393 g/mol. The molecule has 1 heterocycles. The molecule has 6 heteroatoms. The maximum absolute atomic E-state index is 13.2. The number of para-hydroxylation sites is 2. The summed E-state index contributed by atoms with van der Waals surface area (Å²) in [6.07, 6.45) is 0. The van der Waals surface area contributed by atoms with Gasteiger partial charge in [0.1, 0.15) is 23.4 Å². The summed E-state index contributed by atoms with van der Waals surface area (Å²) in [4.78, 5) is 17.0. The number of carbonyl (C=O) groups excluding carboxylic acids is 1. The zero-order valence-corrected chi connectivity index (χ0v) is 16.9. The van der Waals surface area contributed by atoms with Gasteiger partial charge in [-0.15, -0.1) is 0 Å². The van der Waals surface area contributed by atoms with Crippen molar-refractivity contribution in [2.75, 3.05) is 26.2 Å². The Labute approximate surface area is 180 Å². The first-order valence-corrected chi connectivity index (χ1v) is 10.2. The average Bonchev–Trinajstić information content (AvgIpc) is 2.82. The number of hydrogen-bond acceptors (Lipinski definition) is 4. The van der Waals surface area contributed by atoms with Crippen LogP contribution in [0.2, 0.25) is 0 Å². The van der Waals surface area contributed by atoms with Crippen LogP contribution in [0.25, 0.3) is 0 Å². The van der Waals surface area contributed by atoms with E-state index in [9.17, 15) is 14.4 Å². The molecule has 0 unspecified atom stereocenters. The van der Waals surface area contributed by atoms with E-state index in [0.717, 1.165) is 5.56 Å². The van der Waals surface area contributed by atoms with E-state index in [2.05, 4.69) is 6.07 Å². The number of nitriles is 1. The van der Waals surface area contributed by atoms with Crippen molar-refractivity contribution >= 4 is 5.91 Å². The molecule has 0 radical (unpaired) electrons. The molecule has 1 amide bonds. The lowest BCUT2D eigenvalue weighted by Gasteiger charge is -2.37. The summed E-state index contributed by atoms with van der Waals surface area (Å²) >= 11 is 0. The van der Waals surface area contributed by atoms with Gasteiger partial charge in [0.15, 0.2) is 0 Å². The molecule has 3 aromatic carbocycles. The fourth-order valence-corrected chi connectivity index (χ4v) is 3.71. The van der Waals surface area contributed by atoms with Crippen molar-refractivity contribution in [3.8, 4) is 17.6 Å². The lowest BCUT2D eigenvalue weighted by Crippen LogP contribution is -2.49. The molecule has 0 saturated carbocycles. The number of rotatable bonds is 5. The molecule has 3 aromatic rings. The van der Waals surface area contributed by atoms with E-state index in [-0.39, 0.29) is 11.7 Å². The Bertz CT molecular complexity index is 1070. The number of ether oxygens (including phenoxy) is 1. The predicted molar refractivity (Wildman–Crippen MR) is 115 cm³/mol. The van der Waals surface area contributed by atoms with Crippen LogP contribution in [0.15, 0.2) is 78.9 Å². The summed E-state index contributed by atoms with van der Waals surface area (Å²) in [6, 6.07) is 24.4. The Hall–Kier alpha value is -3.69. The van der Waals surface area contributed by atoms with Gasteiger partial charge in [0.25, 0.3) is 5.91 Å². The third-order valence-electron chi connectivity index (χ3n) is 5.36. The number of benzene rings is 3. The molecule has 5 nitrogen and oxygen atoms in total. The summed E-state index contributed by atoms with van der Waals surface area (Å²) in [7, 11) is 0. The van der Waals surface area contributed by atoms with E-state index in [1.54, 1.807) is 29.2 Å². The molecule has 0 spiro atoms. The van der Waals surface area contributed by atoms with E-state index < -0.39 is 6.04 Å². The van der Waals surface area contributed by atoms with Gasteiger partial charge >= 0.3 is 0 Å². The molecule has 1 aliphatic heterocycles. The second kappa shape index (κ2) is 9.41. The fourth-order valence-electron chi connectivity index (χ4n) is 3.71. The molecule has 1 atom stereocenters. The van der Waals surface area contributed by atoms with Crippen LogP contribution in [0.3, 0.4) is 0 Å². The molecule has 4 rings (SSSR count). The molecule has 1 fully saturated rings. The quantitative estimate of drug-likeness (QED) is 0.609. The Morgan fingerprint density at radius 1 is 0.903 bits per heavy atom. The largest absolute Gasteiger partial charge is 0.457 e. The van der Waals surface area contributed by atoms with E-state index in [0.29, 0.717) is 43.2 Å². The monoisotopic (exact) mass is 415 g/mol. The van der Waals surface area contributed by atoms with Gasteiger partial charge in [-0.3, -0.25) is 9.69 Å². The SMILES string of the molecule is N#C[C@H](c1ccc(F)cc1)N1CCN(C(=O)c2ccccc2Oc2ccccc2)CC1. The van der Waals surface area contributed by atoms with Gasteiger partial charge in [0, 0.05) is 26.2 Å². The molecule has 0 aliphatic carbocycles. The predicted octanol–water partition coefficient (Wildman–Crippen LogP) is 4.64. The summed E-state index contributed by atoms with van der Waals surface area (Å²) in [5, 5.41) is 9.65. The van der Waals surface area contributed by atoms with Crippen LogP contribution >= 0.6 is 0 Å². The molecule has 0 N–H and O–H groups in total. The highest BCUT2D eigenvalue weighted by Gasteiger charge is 2.28. The van der Waals surface area contributed by atoms with Crippen LogP contribution in [0, 0.1) is 17.1 Å². The molecule has 0 bridgehead atoms. The second-order valence-electron chi connectivity index (χ2n) is 7.32. The Balaban J connectivity index is 1.44. The summed E-state index contributed by atoms with van der Waals surface area (Å²) in [6.45, 7) is 2.11. The Kier molecular flexibility index (Phi) is 6.25. The van der Waals surface area contributed by atoms with Gasteiger partial charge in [-0.2, -0.15) is 5.26 Å². The van der Waals surface area contributed by atoms with Gasteiger partial charge < -0.3 is 9.64 Å². The van der Waals surface area contributed by atoms with Gasteiger partial charge in [-0.25, -0.2) is 4.39 Å². The maximum atomic E-state index is 13.2. The maximum Gasteiger partial charge on any atom is 0.257 e. The molecule has 31 heavy (non-hydrogen) atoms. The summed E-state index contributed by atoms with van der Waals surface area (Å²) < 4.78 is 19.2. The minimum Gasteiger partial charge on any atom is -0.457 e. The molecule has 0 aromatic heterocycles. The van der Waals surface area contributed by atoms with Crippen LogP contribution < -0.4 is 4.74 Å². The number of piperazine rings is 1.